The molecule has 0 aromatic carbocycles. The van der Waals surface area contributed by atoms with Crippen LogP contribution in [0.5, 0.6) is 0 Å². The quantitative estimate of drug-likeness (QED) is 0.847. The molecule has 1 N–H and O–H groups in total. The number of hydrogen-bond acceptors (Lipinski definition) is 2. The Labute approximate surface area is 128 Å². The molecule has 0 aromatic rings. The average Bonchev–Trinajstić information content (AvgIpc) is 2.45. The number of rotatable bonds is 5. The van der Waals surface area contributed by atoms with Gasteiger partial charge in [0.1, 0.15) is 6.04 Å². The second-order valence-corrected chi connectivity index (χ2v) is 7.09. The van der Waals surface area contributed by atoms with Gasteiger partial charge in [0.15, 0.2) is 0 Å². The minimum Gasteiger partial charge on any atom is -0.343 e. The summed E-state index contributed by atoms with van der Waals surface area (Å²) >= 11 is 0. The van der Waals surface area contributed by atoms with Gasteiger partial charge in [-0.1, -0.05) is 40.0 Å². The molecule has 2 rings (SSSR count). The fraction of sp³-hybridized carbons (Fsp3) is 0.882. The Morgan fingerprint density at radius 3 is 2.43 bits per heavy atom. The Balaban J connectivity index is 2.10. The first-order chi connectivity index (χ1) is 10.0. The van der Waals surface area contributed by atoms with Crippen LogP contribution in [-0.2, 0) is 9.59 Å². The van der Waals surface area contributed by atoms with E-state index in [0.29, 0.717) is 11.8 Å². The van der Waals surface area contributed by atoms with Gasteiger partial charge in [-0.15, -0.1) is 0 Å². The number of carbonyl (C=O) groups excluding carboxylic acids is 2. The zero-order chi connectivity index (χ0) is 15.4. The molecule has 2 amide bonds. The molecule has 0 radical (unpaired) electrons. The van der Waals surface area contributed by atoms with Crippen LogP contribution in [0.15, 0.2) is 0 Å². The summed E-state index contributed by atoms with van der Waals surface area (Å²) in [5.41, 5.74) is 0. The lowest BCUT2D eigenvalue weighted by molar-refractivity contribution is -0.148. The van der Waals surface area contributed by atoms with E-state index in [9.17, 15) is 9.59 Å². The SMILES string of the molecule is CCC(C1CCCCC1)N1CC(=O)NC(CC(C)C)C1=O. The lowest BCUT2D eigenvalue weighted by atomic mass is 9.81. The molecule has 2 aliphatic rings. The van der Waals surface area contributed by atoms with Crippen molar-refractivity contribution in [3.63, 3.8) is 0 Å². The molecular formula is C17H30N2O2. The van der Waals surface area contributed by atoms with E-state index in [2.05, 4.69) is 26.1 Å². The highest BCUT2D eigenvalue weighted by molar-refractivity contribution is 5.95. The third-order valence-electron chi connectivity index (χ3n) is 4.95. The van der Waals surface area contributed by atoms with Crippen LogP contribution < -0.4 is 5.32 Å². The monoisotopic (exact) mass is 294 g/mol. The van der Waals surface area contributed by atoms with Gasteiger partial charge in [0.25, 0.3) is 0 Å². The predicted molar refractivity (Wildman–Crippen MR) is 83.8 cm³/mol. The first-order valence-electron chi connectivity index (χ1n) is 8.62. The molecule has 120 valence electrons. The zero-order valence-electron chi connectivity index (χ0n) is 13.7. The smallest absolute Gasteiger partial charge is 0.245 e. The topological polar surface area (TPSA) is 49.4 Å². The van der Waals surface area contributed by atoms with E-state index >= 15 is 0 Å². The van der Waals surface area contributed by atoms with Crippen molar-refractivity contribution in [1.29, 1.82) is 0 Å². The molecule has 0 bridgehead atoms. The average molecular weight is 294 g/mol. The molecule has 2 unspecified atom stereocenters. The van der Waals surface area contributed by atoms with Gasteiger partial charge in [-0.25, -0.2) is 0 Å². The molecule has 0 aromatic heterocycles. The Bertz CT molecular complexity index is 375. The van der Waals surface area contributed by atoms with Crippen LogP contribution in [0.4, 0.5) is 0 Å². The molecule has 1 aliphatic carbocycles. The van der Waals surface area contributed by atoms with Gasteiger partial charge < -0.3 is 10.2 Å². The maximum atomic E-state index is 12.8. The van der Waals surface area contributed by atoms with Crippen LogP contribution in [0.2, 0.25) is 0 Å². The Hall–Kier alpha value is -1.06. The molecule has 21 heavy (non-hydrogen) atoms. The van der Waals surface area contributed by atoms with Gasteiger partial charge in [0.2, 0.25) is 11.8 Å². The maximum absolute atomic E-state index is 12.8. The van der Waals surface area contributed by atoms with Crippen LogP contribution in [0, 0.1) is 11.8 Å². The minimum atomic E-state index is -0.316. The zero-order valence-corrected chi connectivity index (χ0v) is 13.7. The van der Waals surface area contributed by atoms with Crippen molar-refractivity contribution in [2.75, 3.05) is 6.54 Å². The van der Waals surface area contributed by atoms with Crippen LogP contribution in [0.3, 0.4) is 0 Å². The van der Waals surface area contributed by atoms with Crippen LogP contribution in [0.25, 0.3) is 0 Å². The molecular weight excluding hydrogens is 264 g/mol. The van der Waals surface area contributed by atoms with Gasteiger partial charge in [0.05, 0.1) is 6.54 Å². The number of hydrogen-bond donors (Lipinski definition) is 1. The van der Waals surface area contributed by atoms with Crippen LogP contribution >= 0.6 is 0 Å². The fourth-order valence-corrected chi connectivity index (χ4v) is 3.97. The Kier molecular flexibility index (Phi) is 5.65. The first-order valence-corrected chi connectivity index (χ1v) is 8.62. The number of carbonyl (C=O) groups is 2. The van der Waals surface area contributed by atoms with Crippen molar-refractivity contribution >= 4 is 11.8 Å². The summed E-state index contributed by atoms with van der Waals surface area (Å²) in [4.78, 5) is 26.7. The molecule has 0 spiro atoms. The molecule has 2 fully saturated rings. The number of nitrogens with zero attached hydrogens (tertiary/aromatic N) is 1. The summed E-state index contributed by atoms with van der Waals surface area (Å²) in [5, 5.41) is 2.88. The molecule has 1 saturated heterocycles. The van der Waals surface area contributed by atoms with Gasteiger partial charge in [-0.2, -0.15) is 0 Å². The molecule has 1 heterocycles. The summed E-state index contributed by atoms with van der Waals surface area (Å²) in [7, 11) is 0. The first kappa shape index (κ1) is 16.3. The Morgan fingerprint density at radius 2 is 1.86 bits per heavy atom. The van der Waals surface area contributed by atoms with Gasteiger partial charge in [-0.05, 0) is 37.5 Å². The molecule has 2 atom stereocenters. The number of piperazine rings is 1. The normalized spacial score (nSPS) is 26.1. The highest BCUT2D eigenvalue weighted by Crippen LogP contribution is 2.31. The number of amides is 2. The third kappa shape index (κ3) is 3.98. The standard InChI is InChI=1S/C17H30N2O2/c1-4-15(13-8-6-5-7-9-13)19-11-16(20)18-14(17(19)21)10-12(2)3/h12-15H,4-11H2,1-3H3,(H,18,20). The predicted octanol–water partition coefficient (Wildman–Crippen LogP) is 2.72. The van der Waals surface area contributed by atoms with E-state index in [-0.39, 0.29) is 30.4 Å². The molecule has 1 aliphatic heterocycles. The highest BCUT2D eigenvalue weighted by atomic mass is 16.2. The van der Waals surface area contributed by atoms with Crippen molar-refractivity contribution in [2.24, 2.45) is 11.8 Å². The van der Waals surface area contributed by atoms with Gasteiger partial charge in [-0.3, -0.25) is 9.59 Å². The third-order valence-corrected chi connectivity index (χ3v) is 4.95. The second kappa shape index (κ2) is 7.28. The van der Waals surface area contributed by atoms with E-state index in [1.165, 1.54) is 32.1 Å². The summed E-state index contributed by atoms with van der Waals surface area (Å²) in [6.45, 7) is 6.59. The van der Waals surface area contributed by atoms with E-state index in [0.717, 1.165) is 12.8 Å². The largest absolute Gasteiger partial charge is 0.343 e. The summed E-state index contributed by atoms with van der Waals surface area (Å²) < 4.78 is 0. The van der Waals surface area contributed by atoms with Gasteiger partial charge in [0, 0.05) is 6.04 Å². The minimum absolute atomic E-state index is 0.00881. The van der Waals surface area contributed by atoms with E-state index in [1.807, 2.05) is 4.90 Å². The number of nitrogens with one attached hydrogen (secondary N) is 1. The van der Waals surface area contributed by atoms with Crippen molar-refractivity contribution in [1.82, 2.24) is 10.2 Å². The Morgan fingerprint density at radius 1 is 1.19 bits per heavy atom. The van der Waals surface area contributed by atoms with Crippen molar-refractivity contribution in [2.45, 2.75) is 77.8 Å². The lowest BCUT2D eigenvalue weighted by Crippen LogP contribution is -2.62. The van der Waals surface area contributed by atoms with Crippen LogP contribution in [-0.4, -0.2) is 35.3 Å². The summed E-state index contributed by atoms with van der Waals surface area (Å²) in [6, 6.07) is -0.0672. The highest BCUT2D eigenvalue weighted by Gasteiger charge is 2.38. The van der Waals surface area contributed by atoms with Crippen LogP contribution in [0.1, 0.15) is 65.7 Å². The van der Waals surface area contributed by atoms with Crippen molar-refractivity contribution < 1.29 is 9.59 Å². The summed E-state index contributed by atoms with van der Waals surface area (Å²) in [5.74, 6) is 1.14. The summed E-state index contributed by atoms with van der Waals surface area (Å²) in [6.07, 6.45) is 7.96. The molecule has 1 saturated carbocycles. The van der Waals surface area contributed by atoms with E-state index < -0.39 is 0 Å². The second-order valence-electron chi connectivity index (χ2n) is 7.09. The fourth-order valence-electron chi connectivity index (χ4n) is 3.97. The van der Waals surface area contributed by atoms with Crippen molar-refractivity contribution in [3.8, 4) is 0 Å². The lowest BCUT2D eigenvalue weighted by Gasteiger charge is -2.42. The van der Waals surface area contributed by atoms with E-state index in [4.69, 9.17) is 0 Å². The molecule has 4 nitrogen and oxygen atoms in total. The van der Waals surface area contributed by atoms with Crippen molar-refractivity contribution in [3.05, 3.63) is 0 Å². The van der Waals surface area contributed by atoms with E-state index in [1.54, 1.807) is 0 Å². The molecule has 4 heteroatoms. The maximum Gasteiger partial charge on any atom is 0.245 e. The van der Waals surface area contributed by atoms with Gasteiger partial charge >= 0.3 is 0 Å².